The third-order valence-electron chi connectivity index (χ3n) is 1.27. The molecule has 1 heterocycles. The van der Waals surface area contributed by atoms with Crippen molar-refractivity contribution in [1.29, 1.82) is 0 Å². The fourth-order valence-corrected chi connectivity index (χ4v) is 1.31. The van der Waals surface area contributed by atoms with Crippen LogP contribution in [0.25, 0.3) is 0 Å². The van der Waals surface area contributed by atoms with Gasteiger partial charge in [0.25, 0.3) is 0 Å². The van der Waals surface area contributed by atoms with Gasteiger partial charge < -0.3 is 5.32 Å². The number of aromatic nitrogens is 1. The molecule has 3 heteroatoms. The average Bonchev–Trinajstić information content (AvgIpc) is 2.04. The van der Waals surface area contributed by atoms with Crippen LogP contribution in [0, 0.1) is 0 Å². The lowest BCUT2D eigenvalue weighted by atomic mass is 10.4. The summed E-state index contributed by atoms with van der Waals surface area (Å²) in [7, 11) is 1.91. The van der Waals surface area contributed by atoms with Crippen molar-refractivity contribution in [2.24, 2.45) is 0 Å². The summed E-state index contributed by atoms with van der Waals surface area (Å²) in [6.07, 6.45) is 5.68. The van der Waals surface area contributed by atoms with Crippen LogP contribution in [-0.2, 0) is 0 Å². The molecule has 0 bridgehead atoms. The standard InChI is InChI=1S/C7H10N2S/c1-8-6-3-4-9-5-7(6)10-2/h3-5H,1-2H3,(H,8,9). The van der Waals surface area contributed by atoms with Gasteiger partial charge in [0.1, 0.15) is 0 Å². The lowest BCUT2D eigenvalue weighted by Gasteiger charge is -2.03. The van der Waals surface area contributed by atoms with E-state index in [0.717, 1.165) is 5.69 Å². The van der Waals surface area contributed by atoms with Crippen LogP contribution in [0.4, 0.5) is 5.69 Å². The van der Waals surface area contributed by atoms with Crippen LogP contribution in [0.3, 0.4) is 0 Å². The fourth-order valence-electron chi connectivity index (χ4n) is 0.749. The first-order valence-electron chi connectivity index (χ1n) is 3.04. The Kier molecular flexibility index (Phi) is 2.57. The molecule has 10 heavy (non-hydrogen) atoms. The summed E-state index contributed by atoms with van der Waals surface area (Å²) in [6.45, 7) is 0. The molecule has 1 aromatic heterocycles. The Labute approximate surface area is 65.1 Å². The lowest BCUT2D eigenvalue weighted by Crippen LogP contribution is -1.90. The number of thioether (sulfide) groups is 1. The highest BCUT2D eigenvalue weighted by Gasteiger charge is 1.95. The minimum absolute atomic E-state index is 1.14. The Morgan fingerprint density at radius 1 is 1.60 bits per heavy atom. The molecule has 0 spiro atoms. The second kappa shape index (κ2) is 3.46. The SMILES string of the molecule is CNc1ccncc1SC. The van der Waals surface area contributed by atoms with Crippen molar-refractivity contribution in [3.63, 3.8) is 0 Å². The lowest BCUT2D eigenvalue weighted by molar-refractivity contribution is 1.23. The summed E-state index contributed by atoms with van der Waals surface area (Å²) in [5.74, 6) is 0. The summed E-state index contributed by atoms with van der Waals surface area (Å²) in [4.78, 5) is 5.19. The van der Waals surface area contributed by atoms with Gasteiger partial charge in [-0.15, -0.1) is 11.8 Å². The molecular formula is C7H10N2S. The second-order valence-corrected chi connectivity index (χ2v) is 2.67. The van der Waals surface area contributed by atoms with E-state index in [-0.39, 0.29) is 0 Å². The number of pyridine rings is 1. The van der Waals surface area contributed by atoms with E-state index in [1.807, 2.05) is 25.6 Å². The summed E-state index contributed by atoms with van der Waals surface area (Å²) < 4.78 is 0. The highest BCUT2D eigenvalue weighted by atomic mass is 32.2. The summed E-state index contributed by atoms with van der Waals surface area (Å²) in [6, 6.07) is 1.96. The van der Waals surface area contributed by atoms with Crippen LogP contribution in [0.2, 0.25) is 0 Å². The average molecular weight is 154 g/mol. The fraction of sp³-hybridized carbons (Fsp3) is 0.286. The van der Waals surface area contributed by atoms with Crippen molar-refractivity contribution in [3.05, 3.63) is 18.5 Å². The van der Waals surface area contributed by atoms with E-state index in [1.54, 1.807) is 18.0 Å². The molecule has 1 rings (SSSR count). The molecule has 0 saturated carbocycles. The van der Waals surface area contributed by atoms with Gasteiger partial charge in [-0.25, -0.2) is 0 Å². The Morgan fingerprint density at radius 2 is 2.40 bits per heavy atom. The molecular weight excluding hydrogens is 144 g/mol. The van der Waals surface area contributed by atoms with Crippen LogP contribution in [0.5, 0.6) is 0 Å². The number of rotatable bonds is 2. The molecule has 54 valence electrons. The van der Waals surface area contributed by atoms with Gasteiger partial charge in [-0.05, 0) is 12.3 Å². The number of nitrogens with one attached hydrogen (secondary N) is 1. The predicted molar refractivity (Wildman–Crippen MR) is 45.6 cm³/mol. The smallest absolute Gasteiger partial charge is 0.0506 e. The van der Waals surface area contributed by atoms with Gasteiger partial charge >= 0.3 is 0 Å². The number of hydrogen-bond donors (Lipinski definition) is 1. The van der Waals surface area contributed by atoms with Gasteiger partial charge in [-0.2, -0.15) is 0 Å². The molecule has 1 aromatic rings. The van der Waals surface area contributed by atoms with E-state index in [9.17, 15) is 0 Å². The van der Waals surface area contributed by atoms with Crippen molar-refractivity contribution in [2.45, 2.75) is 4.90 Å². The molecule has 0 aliphatic rings. The highest BCUT2D eigenvalue weighted by molar-refractivity contribution is 7.98. The molecule has 2 nitrogen and oxygen atoms in total. The monoisotopic (exact) mass is 154 g/mol. The van der Waals surface area contributed by atoms with E-state index in [0.29, 0.717) is 0 Å². The molecule has 0 amide bonds. The van der Waals surface area contributed by atoms with E-state index in [1.165, 1.54) is 4.90 Å². The van der Waals surface area contributed by atoms with Gasteiger partial charge in [0.2, 0.25) is 0 Å². The third-order valence-corrected chi connectivity index (χ3v) is 2.04. The van der Waals surface area contributed by atoms with Crippen LogP contribution in [-0.4, -0.2) is 18.3 Å². The van der Waals surface area contributed by atoms with Gasteiger partial charge in [-0.3, -0.25) is 4.98 Å². The Morgan fingerprint density at radius 3 is 2.90 bits per heavy atom. The third kappa shape index (κ3) is 1.42. The maximum Gasteiger partial charge on any atom is 0.0506 e. The summed E-state index contributed by atoms with van der Waals surface area (Å²) in [5.41, 5.74) is 1.14. The van der Waals surface area contributed by atoms with Crippen molar-refractivity contribution in [3.8, 4) is 0 Å². The number of hydrogen-bond acceptors (Lipinski definition) is 3. The Balaban J connectivity index is 2.96. The minimum atomic E-state index is 1.14. The molecule has 1 N–H and O–H groups in total. The maximum atomic E-state index is 4.00. The number of nitrogens with zero attached hydrogens (tertiary/aromatic N) is 1. The molecule has 0 aliphatic carbocycles. The second-order valence-electron chi connectivity index (χ2n) is 1.83. The molecule has 0 radical (unpaired) electrons. The molecule has 0 atom stereocenters. The normalized spacial score (nSPS) is 9.40. The largest absolute Gasteiger partial charge is 0.387 e. The van der Waals surface area contributed by atoms with Crippen molar-refractivity contribution < 1.29 is 0 Å². The highest BCUT2D eigenvalue weighted by Crippen LogP contribution is 2.22. The minimum Gasteiger partial charge on any atom is -0.387 e. The number of anilines is 1. The van der Waals surface area contributed by atoms with Crippen LogP contribution in [0.1, 0.15) is 0 Å². The first-order valence-corrected chi connectivity index (χ1v) is 4.26. The van der Waals surface area contributed by atoms with E-state index >= 15 is 0 Å². The quantitative estimate of drug-likeness (QED) is 0.658. The van der Waals surface area contributed by atoms with Gasteiger partial charge in [0, 0.05) is 24.3 Å². The zero-order valence-corrected chi connectivity index (χ0v) is 6.90. The Bertz CT molecular complexity index is 190. The molecule has 0 saturated heterocycles. The molecule has 0 aromatic carbocycles. The molecule has 0 fully saturated rings. The first kappa shape index (κ1) is 7.41. The Hall–Kier alpha value is -0.700. The van der Waals surface area contributed by atoms with Gasteiger partial charge in [0.05, 0.1) is 5.69 Å². The van der Waals surface area contributed by atoms with E-state index in [2.05, 4.69) is 10.3 Å². The summed E-state index contributed by atoms with van der Waals surface area (Å²) >= 11 is 1.69. The van der Waals surface area contributed by atoms with Crippen molar-refractivity contribution >= 4 is 17.4 Å². The van der Waals surface area contributed by atoms with E-state index < -0.39 is 0 Å². The van der Waals surface area contributed by atoms with E-state index in [4.69, 9.17) is 0 Å². The van der Waals surface area contributed by atoms with Gasteiger partial charge in [-0.1, -0.05) is 0 Å². The molecule has 0 aliphatic heterocycles. The predicted octanol–water partition coefficient (Wildman–Crippen LogP) is 1.85. The zero-order chi connectivity index (χ0) is 7.40. The van der Waals surface area contributed by atoms with Crippen molar-refractivity contribution in [1.82, 2.24) is 4.98 Å². The van der Waals surface area contributed by atoms with Crippen LogP contribution < -0.4 is 5.32 Å². The van der Waals surface area contributed by atoms with Crippen molar-refractivity contribution in [2.75, 3.05) is 18.6 Å². The molecule has 0 unspecified atom stereocenters. The first-order chi connectivity index (χ1) is 4.88. The van der Waals surface area contributed by atoms with Crippen LogP contribution in [0.15, 0.2) is 23.4 Å². The van der Waals surface area contributed by atoms with Gasteiger partial charge in [0.15, 0.2) is 0 Å². The maximum absolute atomic E-state index is 4.00. The summed E-state index contributed by atoms with van der Waals surface area (Å²) in [5, 5.41) is 3.09. The zero-order valence-electron chi connectivity index (χ0n) is 6.09. The topological polar surface area (TPSA) is 24.9 Å². The van der Waals surface area contributed by atoms with Crippen LogP contribution >= 0.6 is 11.8 Å².